The van der Waals surface area contributed by atoms with Gasteiger partial charge in [0.15, 0.2) is 0 Å². The first-order valence-electron chi connectivity index (χ1n) is 19.9. The van der Waals surface area contributed by atoms with E-state index in [2.05, 4.69) is 10.3 Å². The fourth-order valence-corrected chi connectivity index (χ4v) is 8.88. The molecular formula is C45H47FN6O6. The number of nitrogens with zero attached hydrogens (tertiary/aromatic N) is 4. The molecule has 0 saturated carbocycles. The van der Waals surface area contributed by atoms with E-state index in [9.17, 15) is 19.2 Å². The van der Waals surface area contributed by atoms with E-state index in [0.717, 1.165) is 46.6 Å². The van der Waals surface area contributed by atoms with Gasteiger partial charge in [-0.3, -0.25) is 24.3 Å². The number of esters is 1. The van der Waals surface area contributed by atoms with E-state index in [1.54, 1.807) is 17.2 Å². The molecule has 8 rings (SSSR count). The molecule has 0 bridgehead atoms. The van der Waals surface area contributed by atoms with E-state index in [1.807, 2.05) is 73.4 Å². The number of alkyl carbamates (subject to hydrolysis) is 1. The van der Waals surface area contributed by atoms with Crippen LogP contribution in [0.1, 0.15) is 74.5 Å². The van der Waals surface area contributed by atoms with Crippen LogP contribution in [0.25, 0.3) is 28.1 Å². The minimum Gasteiger partial charge on any atom is -0.469 e. The van der Waals surface area contributed by atoms with Crippen LogP contribution < -0.4 is 10.2 Å². The molecule has 1 saturated heterocycles. The second-order valence-corrected chi connectivity index (χ2v) is 15.8. The zero-order chi connectivity index (χ0) is 40.7. The summed E-state index contributed by atoms with van der Waals surface area (Å²) in [6.45, 7) is 4.50. The predicted octanol–water partition coefficient (Wildman–Crippen LogP) is 7.20. The fraction of sp³-hybridized carbons (Fsp3) is 0.378. The number of aromatic nitrogens is 2. The summed E-state index contributed by atoms with van der Waals surface area (Å²) in [5, 5.41) is 2.71. The molecule has 58 heavy (non-hydrogen) atoms. The first kappa shape index (κ1) is 38.7. The maximum atomic E-state index is 15.8. The van der Waals surface area contributed by atoms with Gasteiger partial charge in [-0.25, -0.2) is 14.2 Å². The van der Waals surface area contributed by atoms with Gasteiger partial charge in [0.05, 0.1) is 61.9 Å². The van der Waals surface area contributed by atoms with Gasteiger partial charge < -0.3 is 24.7 Å². The first-order chi connectivity index (χ1) is 28.0. The predicted molar refractivity (Wildman–Crippen MR) is 217 cm³/mol. The summed E-state index contributed by atoms with van der Waals surface area (Å²) < 4.78 is 25.5. The highest BCUT2D eigenvalue weighted by Gasteiger charge is 2.43. The summed E-state index contributed by atoms with van der Waals surface area (Å²) in [6.07, 6.45) is 7.03. The van der Waals surface area contributed by atoms with Gasteiger partial charge in [0, 0.05) is 36.2 Å². The molecule has 300 valence electrons. The van der Waals surface area contributed by atoms with Crippen LogP contribution in [0, 0.1) is 17.7 Å². The van der Waals surface area contributed by atoms with Crippen LogP contribution in [0.3, 0.4) is 0 Å². The maximum absolute atomic E-state index is 15.8. The van der Waals surface area contributed by atoms with Crippen molar-refractivity contribution in [2.24, 2.45) is 16.8 Å². The fourth-order valence-electron chi connectivity index (χ4n) is 8.88. The molecule has 13 heteroatoms. The van der Waals surface area contributed by atoms with Gasteiger partial charge in [0.2, 0.25) is 11.8 Å². The second kappa shape index (κ2) is 16.0. The molecule has 1 fully saturated rings. The van der Waals surface area contributed by atoms with Crippen LogP contribution in [0.15, 0.2) is 77.9 Å². The molecular weight excluding hydrogens is 740 g/mol. The van der Waals surface area contributed by atoms with E-state index >= 15 is 4.39 Å². The third-order valence-electron chi connectivity index (χ3n) is 12.0. The van der Waals surface area contributed by atoms with Crippen molar-refractivity contribution in [3.8, 4) is 22.4 Å². The number of hydrogen-bond acceptors (Lipinski definition) is 8. The summed E-state index contributed by atoms with van der Waals surface area (Å²) >= 11 is 0. The summed E-state index contributed by atoms with van der Waals surface area (Å²) in [4.78, 5) is 68.4. The normalized spacial score (nSPS) is 20.4. The molecule has 5 heterocycles. The highest BCUT2D eigenvalue weighted by Crippen LogP contribution is 2.45. The average molecular weight is 787 g/mol. The highest BCUT2D eigenvalue weighted by molar-refractivity contribution is 6.03. The number of benzene rings is 3. The van der Waals surface area contributed by atoms with Gasteiger partial charge in [0.1, 0.15) is 17.7 Å². The minimum absolute atomic E-state index is 0.0195. The van der Waals surface area contributed by atoms with Gasteiger partial charge in [-0.1, -0.05) is 74.5 Å². The number of carbonyl (C=O) groups excluding carboxylic acids is 4. The first-order valence-corrected chi connectivity index (χ1v) is 19.9. The third kappa shape index (κ3) is 7.29. The smallest absolute Gasteiger partial charge is 0.407 e. The Hall–Kier alpha value is -6.11. The lowest BCUT2D eigenvalue weighted by Crippen LogP contribution is -2.48. The number of H-pyrrole nitrogens is 1. The van der Waals surface area contributed by atoms with Crippen molar-refractivity contribution < 1.29 is 33.0 Å². The topological polar surface area (TPSA) is 146 Å². The second-order valence-electron chi connectivity index (χ2n) is 15.8. The van der Waals surface area contributed by atoms with E-state index in [-0.39, 0.29) is 42.1 Å². The Kier molecular flexibility index (Phi) is 10.7. The zero-order valence-corrected chi connectivity index (χ0v) is 33.1. The number of allylic oxidation sites excluding steroid dienone is 1. The summed E-state index contributed by atoms with van der Waals surface area (Å²) in [5.41, 5.74) is 8.00. The lowest BCUT2D eigenvalue weighted by atomic mass is 9.90. The molecule has 4 atom stereocenters. The van der Waals surface area contributed by atoms with Gasteiger partial charge in [-0.2, -0.15) is 0 Å². The summed E-state index contributed by atoms with van der Waals surface area (Å²) in [7, 11) is 2.62. The quantitative estimate of drug-likeness (QED) is 0.162. The number of halogens is 1. The Morgan fingerprint density at radius 2 is 1.72 bits per heavy atom. The van der Waals surface area contributed by atoms with Crippen LogP contribution in [-0.4, -0.2) is 77.3 Å². The van der Waals surface area contributed by atoms with Crippen molar-refractivity contribution in [3.63, 3.8) is 0 Å². The number of methoxy groups -OCH3 is 2. The number of aliphatic imine (C=N–C) groups is 1. The number of hydrogen-bond donors (Lipinski definition) is 2. The van der Waals surface area contributed by atoms with Gasteiger partial charge in [-0.05, 0) is 59.9 Å². The molecule has 0 spiro atoms. The minimum atomic E-state index is -0.728. The van der Waals surface area contributed by atoms with Gasteiger partial charge >= 0.3 is 12.1 Å². The van der Waals surface area contributed by atoms with Crippen molar-refractivity contribution >= 4 is 41.0 Å². The molecule has 3 aromatic carbocycles. The lowest BCUT2D eigenvalue weighted by molar-refractivity contribution is -0.148. The summed E-state index contributed by atoms with van der Waals surface area (Å²) in [5.74, 6) is -0.875. The molecule has 0 radical (unpaired) electrons. The van der Waals surface area contributed by atoms with Crippen LogP contribution in [0.4, 0.5) is 14.9 Å². The zero-order valence-electron chi connectivity index (χ0n) is 33.1. The Labute approximate surface area is 336 Å². The van der Waals surface area contributed by atoms with Crippen molar-refractivity contribution in [2.45, 2.75) is 76.9 Å². The average Bonchev–Trinajstić information content (AvgIpc) is 4.06. The van der Waals surface area contributed by atoms with Crippen LogP contribution >= 0.6 is 0 Å². The largest absolute Gasteiger partial charge is 0.469 e. The Morgan fingerprint density at radius 3 is 2.47 bits per heavy atom. The summed E-state index contributed by atoms with van der Waals surface area (Å²) in [6, 6.07) is 17.5. The van der Waals surface area contributed by atoms with Crippen molar-refractivity contribution in [2.75, 3.05) is 25.7 Å². The number of amides is 3. The molecule has 12 nitrogen and oxygen atoms in total. The Balaban J connectivity index is 0.961. The molecule has 4 aromatic rings. The van der Waals surface area contributed by atoms with Gasteiger partial charge in [0.25, 0.3) is 0 Å². The molecule has 3 amide bonds. The van der Waals surface area contributed by atoms with Crippen molar-refractivity contribution in [1.29, 1.82) is 0 Å². The van der Waals surface area contributed by atoms with Crippen LogP contribution in [0.2, 0.25) is 0 Å². The maximum Gasteiger partial charge on any atom is 0.407 e. The molecule has 0 aliphatic carbocycles. The van der Waals surface area contributed by atoms with Gasteiger partial charge in [-0.15, -0.1) is 0 Å². The highest BCUT2D eigenvalue weighted by atomic mass is 19.1. The number of imidazole rings is 1. The number of para-hydroxylation sites is 1. The van der Waals surface area contributed by atoms with Crippen LogP contribution in [0.5, 0.6) is 0 Å². The monoisotopic (exact) mass is 786 g/mol. The lowest BCUT2D eigenvalue weighted by Gasteiger charge is -2.30. The standard InChI is InChI=1S/C45H47FN6O6/c1-25(2)32(23-40(53)57-3)43(54)51-20-6-9-38(51)35-19-18-34(48-35)29-14-16-31(33(46)21-29)26-10-12-27(13-11-26)37-24-47-42(49-37)39-22-30-8-5-7-28-15-17-36(50-45(56)58-4)44(55)52(39)41(28)30/h5,7-8,10-14,16,18,21,24-25,32,36,38-39H,6,9,15,17,19-20,22-23H2,1-4H3,(H,47,49)(H,50,56)/t32-,36-,38-,39-/m0/s1. The Bertz CT molecular complexity index is 2330. The third-order valence-corrected chi connectivity index (χ3v) is 12.0. The van der Waals surface area contributed by atoms with E-state index in [1.165, 1.54) is 20.3 Å². The number of likely N-dealkylation sites (tertiary alicyclic amines) is 1. The van der Waals surface area contributed by atoms with Crippen LogP contribution in [-0.2, 0) is 36.7 Å². The number of aromatic amines is 1. The number of nitrogens with one attached hydrogen (secondary N) is 2. The number of anilines is 1. The van der Waals surface area contributed by atoms with E-state index in [4.69, 9.17) is 19.5 Å². The SMILES string of the molecule is COC(=O)C[C@H](C(=O)N1CCC[C@H]1C1=NC(c2ccc(-c3ccc(-c4cnc([C@@H]5Cc6cccc7c6N5C(=O)[C@@H](NC(=O)OC)CC7)[nH]4)cc3)c(F)c2)=CC1)C(C)C. The van der Waals surface area contributed by atoms with E-state index in [0.29, 0.717) is 60.4 Å². The van der Waals surface area contributed by atoms with Crippen molar-refractivity contribution in [3.05, 3.63) is 101 Å². The molecule has 0 unspecified atom stereocenters. The number of rotatable bonds is 10. The van der Waals surface area contributed by atoms with Crippen molar-refractivity contribution in [1.82, 2.24) is 20.2 Å². The molecule has 4 aliphatic rings. The number of aryl methyl sites for hydroxylation is 1. The molecule has 1 aromatic heterocycles. The Morgan fingerprint density at radius 1 is 0.966 bits per heavy atom. The van der Waals surface area contributed by atoms with E-state index < -0.39 is 24.0 Å². The molecule has 2 N–H and O–H groups in total. The molecule has 4 aliphatic heterocycles. The number of carbonyl (C=O) groups is 4. The number of ether oxygens (including phenoxy) is 2.